The van der Waals surface area contributed by atoms with Gasteiger partial charge in [0.2, 0.25) is 0 Å². The van der Waals surface area contributed by atoms with E-state index in [-0.39, 0.29) is 47.3 Å². The molecular formula is C2H2Al2O14S3. The van der Waals surface area contributed by atoms with E-state index in [9.17, 15) is 0 Å². The fourth-order valence-corrected chi connectivity index (χ4v) is 0. The van der Waals surface area contributed by atoms with E-state index in [0.717, 1.165) is 0 Å². The van der Waals surface area contributed by atoms with Crippen LogP contribution in [-0.2, 0) is 40.8 Å². The van der Waals surface area contributed by atoms with Crippen LogP contribution in [-0.4, -0.2) is 99.9 Å². The van der Waals surface area contributed by atoms with Crippen LogP contribution in [0.5, 0.6) is 0 Å². The van der Waals surface area contributed by atoms with E-state index in [4.69, 9.17) is 62.2 Å². The summed E-state index contributed by atoms with van der Waals surface area (Å²) in [6.45, 7) is 0. The van der Waals surface area contributed by atoms with Crippen molar-refractivity contribution in [3.63, 3.8) is 0 Å². The molecule has 0 unspecified atom stereocenters. The molecule has 0 heterocycles. The summed E-state index contributed by atoms with van der Waals surface area (Å²) in [5.41, 5.74) is 0. The number of carbonyl (C=O) groups is 2. The molecule has 21 heavy (non-hydrogen) atoms. The molecule has 0 saturated carbocycles. The van der Waals surface area contributed by atoms with Crippen LogP contribution in [0, 0.1) is 0 Å². The van der Waals surface area contributed by atoms with Crippen molar-refractivity contribution in [2.24, 2.45) is 0 Å². The molecule has 0 rings (SSSR count). The van der Waals surface area contributed by atoms with Gasteiger partial charge in [0.15, 0.2) is 12.6 Å². The molecule has 0 aromatic heterocycles. The Balaban J connectivity index is -0.0000000347. The van der Waals surface area contributed by atoms with Gasteiger partial charge in [-0.25, -0.2) is 0 Å². The largest absolute Gasteiger partial charge is 3.00 e. The number of hydrogen-bond acceptors (Lipinski definition) is 14. The molecule has 0 radical (unpaired) electrons. The van der Waals surface area contributed by atoms with Gasteiger partial charge in [0.05, 0.1) is 0 Å². The van der Waals surface area contributed by atoms with Gasteiger partial charge >= 0.3 is 34.7 Å². The van der Waals surface area contributed by atoms with Crippen LogP contribution in [0.3, 0.4) is 0 Å². The molecule has 118 valence electrons. The number of aldehydes is 2. The first-order valence-electron chi connectivity index (χ1n) is 2.80. The number of rotatable bonds is 1. The van der Waals surface area contributed by atoms with Crippen molar-refractivity contribution < 1.29 is 62.2 Å². The van der Waals surface area contributed by atoms with Gasteiger partial charge in [-0.15, -0.1) is 0 Å². The van der Waals surface area contributed by atoms with Crippen LogP contribution in [0.1, 0.15) is 0 Å². The molecule has 0 aliphatic heterocycles. The summed E-state index contributed by atoms with van der Waals surface area (Å²) < 4.78 is 102. The molecule has 0 spiro atoms. The molecule has 0 bridgehead atoms. The molecule has 0 atom stereocenters. The quantitative estimate of drug-likeness (QED) is 0.130. The van der Waals surface area contributed by atoms with Crippen LogP contribution in [0.25, 0.3) is 0 Å². The Labute approximate surface area is 140 Å². The van der Waals surface area contributed by atoms with E-state index >= 15 is 0 Å². The van der Waals surface area contributed by atoms with Crippen molar-refractivity contribution in [3.05, 3.63) is 0 Å². The van der Waals surface area contributed by atoms with Gasteiger partial charge in [-0.2, -0.15) is 0 Å². The van der Waals surface area contributed by atoms with Crippen molar-refractivity contribution in [1.82, 2.24) is 0 Å². The molecular weight excluding hydrogens is 398 g/mol. The summed E-state index contributed by atoms with van der Waals surface area (Å²) in [6.07, 6.45) is 0.389. The van der Waals surface area contributed by atoms with Crippen LogP contribution in [0.4, 0.5) is 0 Å². The van der Waals surface area contributed by atoms with E-state index in [0.29, 0.717) is 0 Å². The SMILES string of the molecule is O=CC=O.O=S(=O)([O-])[O-].O=S(=O)([O-])[O-].O=S(=O)([O-])[O-].[Al+3].[Al+3]. The number of carbonyl (C=O) groups excluding carboxylic acids is 2. The Morgan fingerprint density at radius 1 is 0.476 bits per heavy atom. The standard InChI is InChI=1S/C2H2O2.2Al.3H2O4S/c3-1-2-4;;;3*1-5(2,3)4/h1-2H;;;3*(H2,1,2,3,4)/q;2*+3;;;/p-6. The van der Waals surface area contributed by atoms with Gasteiger partial charge in [-0.3, -0.25) is 34.8 Å². The predicted molar refractivity (Wildman–Crippen MR) is 55.1 cm³/mol. The number of hydrogen-bond donors (Lipinski definition) is 0. The fraction of sp³-hybridized carbons (Fsp3) is 0. The minimum Gasteiger partial charge on any atom is -0.759 e. The van der Waals surface area contributed by atoms with Gasteiger partial charge in [0.1, 0.15) is 0 Å². The molecule has 19 heteroatoms. The molecule has 0 amide bonds. The van der Waals surface area contributed by atoms with Crippen LogP contribution < -0.4 is 0 Å². The maximum atomic E-state index is 8.81. The molecule has 0 saturated heterocycles. The summed E-state index contributed by atoms with van der Waals surface area (Å²) in [5, 5.41) is 0. The Morgan fingerprint density at radius 3 is 0.524 bits per heavy atom. The average molecular weight is 400 g/mol. The molecule has 0 aromatic carbocycles. The topological polar surface area (TPSA) is 275 Å². The van der Waals surface area contributed by atoms with E-state index in [2.05, 4.69) is 0 Å². The van der Waals surface area contributed by atoms with Crippen molar-refractivity contribution in [1.29, 1.82) is 0 Å². The molecule has 0 N–H and O–H groups in total. The van der Waals surface area contributed by atoms with Gasteiger partial charge in [-0.05, 0) is 0 Å². The summed E-state index contributed by atoms with van der Waals surface area (Å²) in [7, 11) is -15.5. The summed E-state index contributed by atoms with van der Waals surface area (Å²) in [4.78, 5) is 17.6. The fourth-order valence-electron chi connectivity index (χ4n) is 0. The molecule has 0 aromatic rings. The van der Waals surface area contributed by atoms with E-state index in [1.165, 1.54) is 0 Å². The van der Waals surface area contributed by atoms with Gasteiger partial charge in [0, 0.05) is 31.2 Å². The third-order valence-electron chi connectivity index (χ3n) is 0.0556. The Morgan fingerprint density at radius 2 is 0.524 bits per heavy atom. The summed E-state index contributed by atoms with van der Waals surface area (Å²) in [6, 6.07) is 0. The Bertz CT molecular complexity index is 425. The maximum absolute atomic E-state index is 8.81. The van der Waals surface area contributed by atoms with Crippen LogP contribution in [0.15, 0.2) is 0 Å². The van der Waals surface area contributed by atoms with Crippen molar-refractivity contribution in [3.8, 4) is 0 Å². The minimum atomic E-state index is -5.17. The third kappa shape index (κ3) is 6310. The smallest absolute Gasteiger partial charge is 0.759 e. The first-order chi connectivity index (χ1) is 7.91. The van der Waals surface area contributed by atoms with Crippen molar-refractivity contribution in [2.75, 3.05) is 0 Å². The zero-order valence-electron chi connectivity index (χ0n) is 9.25. The van der Waals surface area contributed by atoms with E-state index < -0.39 is 31.2 Å². The van der Waals surface area contributed by atoms with E-state index in [1.54, 1.807) is 0 Å². The molecule has 0 aliphatic rings. The van der Waals surface area contributed by atoms with Gasteiger partial charge < -0.3 is 27.3 Å². The zero-order valence-corrected chi connectivity index (χ0v) is 14.0. The molecule has 0 fully saturated rings. The van der Waals surface area contributed by atoms with Crippen LogP contribution in [0.2, 0.25) is 0 Å². The summed E-state index contributed by atoms with van der Waals surface area (Å²) >= 11 is 0. The Kier molecular flexibility index (Phi) is 32.1. The first-order valence-corrected chi connectivity index (χ1v) is 6.80. The predicted octanol–water partition coefficient (Wildman–Crippen LogP) is -5.39. The van der Waals surface area contributed by atoms with Crippen molar-refractivity contribution >= 4 is 78.5 Å². The molecule has 14 nitrogen and oxygen atoms in total. The van der Waals surface area contributed by atoms with Crippen molar-refractivity contribution in [2.45, 2.75) is 0 Å². The van der Waals surface area contributed by atoms with Gasteiger partial charge in [0.25, 0.3) is 0 Å². The third-order valence-corrected chi connectivity index (χ3v) is 0.0556. The maximum Gasteiger partial charge on any atom is 3.00 e. The second kappa shape index (κ2) is 18.1. The van der Waals surface area contributed by atoms with E-state index in [1.807, 2.05) is 0 Å². The normalized spacial score (nSPS) is 9.24. The first kappa shape index (κ1) is 37.3. The zero-order chi connectivity index (χ0) is 16.9. The monoisotopic (exact) mass is 400 g/mol. The minimum absolute atomic E-state index is 0. The summed E-state index contributed by atoms with van der Waals surface area (Å²) in [5.74, 6) is 0. The Hall–Kier alpha value is 0.0149. The second-order valence-corrected chi connectivity index (χ2v) is 3.95. The average Bonchev–Trinajstić information content (AvgIpc) is 1.93. The van der Waals surface area contributed by atoms with Gasteiger partial charge in [-0.1, -0.05) is 0 Å². The van der Waals surface area contributed by atoms with Crippen LogP contribution >= 0.6 is 0 Å². The second-order valence-electron chi connectivity index (χ2n) is 1.50. The molecule has 0 aliphatic carbocycles.